The largest absolute Gasteiger partial charge is 0.0958 e. The van der Waals surface area contributed by atoms with Crippen LogP contribution in [0, 0.1) is 0 Å². The normalized spacial score (nSPS) is 10.9. The standard InChI is InChI=1S/C16H22/c1-7-13(3)9-11-15(5)16(6)12-10-14(4)8-2/h9-12H,3-8H2,1-2H3/b11-9-,12-10-. The lowest BCUT2D eigenvalue weighted by Crippen LogP contribution is -1.80. The Kier molecular flexibility index (Phi) is 6.95. The predicted octanol–water partition coefficient (Wildman–Crippen LogP) is 5.14. The molecule has 0 saturated heterocycles. The van der Waals surface area contributed by atoms with Gasteiger partial charge in [-0.1, -0.05) is 75.6 Å². The van der Waals surface area contributed by atoms with Crippen LogP contribution in [0.5, 0.6) is 0 Å². The fraction of sp³-hybridized carbons (Fsp3) is 0.250. The van der Waals surface area contributed by atoms with Gasteiger partial charge in [-0.25, -0.2) is 0 Å². The van der Waals surface area contributed by atoms with Gasteiger partial charge in [-0.3, -0.25) is 0 Å². The monoisotopic (exact) mass is 214 g/mol. The average molecular weight is 214 g/mol. The summed E-state index contributed by atoms with van der Waals surface area (Å²) in [6.07, 6.45) is 9.78. The Labute approximate surface area is 100 Å². The van der Waals surface area contributed by atoms with Gasteiger partial charge in [0.25, 0.3) is 0 Å². The Bertz CT molecular complexity index is 312. The summed E-state index contributed by atoms with van der Waals surface area (Å²) in [6, 6.07) is 0. The molecule has 0 aliphatic carbocycles. The second-order valence-corrected chi connectivity index (χ2v) is 3.74. The zero-order valence-electron chi connectivity index (χ0n) is 10.6. The lowest BCUT2D eigenvalue weighted by molar-refractivity contribution is 1.16. The number of hydrogen-bond donors (Lipinski definition) is 0. The first-order valence-corrected chi connectivity index (χ1v) is 5.61. The first kappa shape index (κ1) is 14.4. The van der Waals surface area contributed by atoms with Crippen molar-refractivity contribution in [1.29, 1.82) is 0 Å². The first-order valence-electron chi connectivity index (χ1n) is 5.61. The second-order valence-electron chi connectivity index (χ2n) is 3.74. The van der Waals surface area contributed by atoms with Crippen molar-refractivity contribution >= 4 is 0 Å². The van der Waals surface area contributed by atoms with Crippen molar-refractivity contribution in [3.8, 4) is 0 Å². The molecule has 0 atom stereocenters. The van der Waals surface area contributed by atoms with Crippen LogP contribution in [0.3, 0.4) is 0 Å². The Morgan fingerprint density at radius 1 is 0.688 bits per heavy atom. The third kappa shape index (κ3) is 6.02. The molecule has 16 heavy (non-hydrogen) atoms. The van der Waals surface area contributed by atoms with Gasteiger partial charge >= 0.3 is 0 Å². The van der Waals surface area contributed by atoms with Crippen LogP contribution in [0.1, 0.15) is 26.7 Å². The quantitative estimate of drug-likeness (QED) is 0.514. The minimum atomic E-state index is 0.912. The van der Waals surface area contributed by atoms with Crippen LogP contribution in [0.15, 0.2) is 72.9 Å². The molecule has 0 fully saturated rings. The van der Waals surface area contributed by atoms with Gasteiger partial charge in [0.15, 0.2) is 0 Å². The molecular formula is C16H22. The fourth-order valence-corrected chi connectivity index (χ4v) is 0.887. The van der Waals surface area contributed by atoms with Crippen molar-refractivity contribution in [2.24, 2.45) is 0 Å². The van der Waals surface area contributed by atoms with E-state index in [1.165, 1.54) is 0 Å². The minimum Gasteiger partial charge on any atom is -0.0958 e. The second kappa shape index (κ2) is 7.70. The summed E-state index contributed by atoms with van der Waals surface area (Å²) in [5.41, 5.74) is 4.01. The lowest BCUT2D eigenvalue weighted by atomic mass is 10.1. The van der Waals surface area contributed by atoms with E-state index < -0.39 is 0 Å². The summed E-state index contributed by atoms with van der Waals surface area (Å²) in [5.74, 6) is 0. The van der Waals surface area contributed by atoms with E-state index >= 15 is 0 Å². The molecule has 0 aliphatic rings. The molecular weight excluding hydrogens is 192 g/mol. The Morgan fingerprint density at radius 2 is 1.00 bits per heavy atom. The zero-order chi connectivity index (χ0) is 12.6. The van der Waals surface area contributed by atoms with Crippen molar-refractivity contribution in [2.75, 3.05) is 0 Å². The smallest absolute Gasteiger partial charge is 0.0262 e. The SMILES string of the molecule is C=C(/C=C\C(=C)C(=C)/C=C\C(=C)CC)CC. The molecule has 0 amide bonds. The van der Waals surface area contributed by atoms with E-state index in [1.807, 2.05) is 24.3 Å². The van der Waals surface area contributed by atoms with Gasteiger partial charge in [0.1, 0.15) is 0 Å². The van der Waals surface area contributed by atoms with E-state index in [0.717, 1.165) is 35.1 Å². The Morgan fingerprint density at radius 3 is 1.25 bits per heavy atom. The number of hydrogen-bond acceptors (Lipinski definition) is 0. The van der Waals surface area contributed by atoms with Crippen LogP contribution in [0.4, 0.5) is 0 Å². The third-order valence-corrected chi connectivity index (χ3v) is 2.36. The molecule has 0 radical (unpaired) electrons. The van der Waals surface area contributed by atoms with Crippen molar-refractivity contribution in [3.63, 3.8) is 0 Å². The molecule has 0 aromatic heterocycles. The highest BCUT2D eigenvalue weighted by atomic mass is 14.0. The van der Waals surface area contributed by atoms with Crippen molar-refractivity contribution in [2.45, 2.75) is 26.7 Å². The molecule has 86 valence electrons. The first-order chi connectivity index (χ1) is 7.51. The van der Waals surface area contributed by atoms with Gasteiger partial charge in [-0.2, -0.15) is 0 Å². The maximum atomic E-state index is 3.96. The van der Waals surface area contributed by atoms with E-state index in [1.54, 1.807) is 0 Å². The molecule has 0 heteroatoms. The summed E-state index contributed by atoms with van der Waals surface area (Å²) in [6.45, 7) is 19.9. The van der Waals surface area contributed by atoms with Crippen molar-refractivity contribution in [3.05, 3.63) is 72.9 Å². The molecule has 0 unspecified atom stereocenters. The van der Waals surface area contributed by atoms with Gasteiger partial charge in [-0.05, 0) is 24.0 Å². The van der Waals surface area contributed by atoms with Gasteiger partial charge in [-0.15, -0.1) is 0 Å². The number of allylic oxidation sites excluding steroid dienone is 8. The van der Waals surface area contributed by atoms with E-state index in [4.69, 9.17) is 0 Å². The molecule has 0 heterocycles. The van der Waals surface area contributed by atoms with E-state index in [0.29, 0.717) is 0 Å². The Balaban J connectivity index is 4.36. The Hall–Kier alpha value is -1.56. The van der Waals surface area contributed by atoms with Gasteiger partial charge in [0.05, 0.1) is 0 Å². The summed E-state index contributed by atoms with van der Waals surface area (Å²) >= 11 is 0. The molecule has 0 aromatic carbocycles. The fourth-order valence-electron chi connectivity index (χ4n) is 0.887. The molecule has 0 N–H and O–H groups in total. The third-order valence-electron chi connectivity index (χ3n) is 2.36. The van der Waals surface area contributed by atoms with Gasteiger partial charge < -0.3 is 0 Å². The summed E-state index contributed by atoms with van der Waals surface area (Å²) in [5, 5.41) is 0. The highest BCUT2D eigenvalue weighted by molar-refractivity contribution is 5.45. The molecule has 0 aliphatic heterocycles. The van der Waals surface area contributed by atoms with Gasteiger partial charge in [0.2, 0.25) is 0 Å². The van der Waals surface area contributed by atoms with Crippen LogP contribution >= 0.6 is 0 Å². The summed E-state index contributed by atoms with van der Waals surface area (Å²) in [4.78, 5) is 0. The molecule has 0 aromatic rings. The van der Waals surface area contributed by atoms with Crippen molar-refractivity contribution in [1.82, 2.24) is 0 Å². The minimum absolute atomic E-state index is 0.912. The predicted molar refractivity (Wildman–Crippen MR) is 75.4 cm³/mol. The van der Waals surface area contributed by atoms with Crippen molar-refractivity contribution < 1.29 is 0 Å². The lowest BCUT2D eigenvalue weighted by Gasteiger charge is -2.00. The van der Waals surface area contributed by atoms with Gasteiger partial charge in [0, 0.05) is 0 Å². The number of rotatable bonds is 7. The topological polar surface area (TPSA) is 0 Å². The van der Waals surface area contributed by atoms with Crippen LogP contribution in [0.2, 0.25) is 0 Å². The zero-order valence-corrected chi connectivity index (χ0v) is 10.6. The van der Waals surface area contributed by atoms with E-state index in [-0.39, 0.29) is 0 Å². The highest BCUT2D eigenvalue weighted by Crippen LogP contribution is 2.12. The maximum Gasteiger partial charge on any atom is -0.0262 e. The van der Waals surface area contributed by atoms with Crippen LogP contribution in [-0.4, -0.2) is 0 Å². The molecule has 0 bridgehead atoms. The molecule has 0 saturated carbocycles. The van der Waals surface area contributed by atoms with E-state index in [2.05, 4.69) is 40.2 Å². The maximum absolute atomic E-state index is 3.96. The summed E-state index contributed by atoms with van der Waals surface area (Å²) < 4.78 is 0. The highest BCUT2D eigenvalue weighted by Gasteiger charge is 1.92. The molecule has 0 rings (SSSR count). The molecule has 0 spiro atoms. The van der Waals surface area contributed by atoms with Crippen LogP contribution < -0.4 is 0 Å². The van der Waals surface area contributed by atoms with E-state index in [9.17, 15) is 0 Å². The molecule has 0 nitrogen and oxygen atoms in total. The summed E-state index contributed by atoms with van der Waals surface area (Å²) in [7, 11) is 0. The van der Waals surface area contributed by atoms with Crippen LogP contribution in [0.25, 0.3) is 0 Å². The van der Waals surface area contributed by atoms with Crippen LogP contribution in [-0.2, 0) is 0 Å². The average Bonchev–Trinajstić information content (AvgIpc) is 2.31.